The van der Waals surface area contributed by atoms with Crippen LogP contribution in [0, 0.1) is 19.3 Å². The maximum atomic E-state index is 11.1. The van der Waals surface area contributed by atoms with Crippen molar-refractivity contribution in [3.05, 3.63) is 29.3 Å². The molecule has 1 aromatic rings. The Kier molecular flexibility index (Phi) is 4.18. The normalized spacial score (nSPS) is 12.1. The molecule has 2 nitrogen and oxygen atoms in total. The maximum absolute atomic E-state index is 11.1. The molecule has 1 rings (SSSR count). The Hall–Kier alpha value is -1.31. The van der Waals surface area contributed by atoms with E-state index in [1.807, 2.05) is 26.0 Å². The molecule has 0 N–H and O–H groups in total. The number of carbonyl (C=O) groups excluding carboxylic acids is 1. The van der Waals surface area contributed by atoms with Crippen LogP contribution in [0.4, 0.5) is 0 Å². The highest BCUT2D eigenvalue weighted by Crippen LogP contribution is 2.21. The molecule has 0 saturated carbocycles. The van der Waals surface area contributed by atoms with E-state index in [0.717, 1.165) is 17.7 Å². The van der Waals surface area contributed by atoms with E-state index in [4.69, 9.17) is 6.11 Å². The lowest BCUT2D eigenvalue weighted by Gasteiger charge is -2.16. The zero-order valence-corrected chi connectivity index (χ0v) is 11.2. The van der Waals surface area contributed by atoms with Crippen molar-refractivity contribution in [1.29, 1.82) is 0 Å². The molecule has 0 spiro atoms. The molecule has 0 radical (unpaired) electrons. The predicted octanol–water partition coefficient (Wildman–Crippen LogP) is 3.69. The summed E-state index contributed by atoms with van der Waals surface area (Å²) in [5.74, 6) is 0.907. The van der Waals surface area contributed by atoms with Gasteiger partial charge in [0.2, 0.25) is 0 Å². The molecule has 0 atom stereocenters. The average molecular weight is 235 g/mol. The third-order valence-corrected chi connectivity index (χ3v) is 2.82. The molecule has 0 aliphatic rings. The van der Waals surface area contributed by atoms with Gasteiger partial charge in [0.05, 0.1) is 6.61 Å². The lowest BCUT2D eigenvalue weighted by Crippen LogP contribution is -2.14. The quantitative estimate of drug-likeness (QED) is 0.555. The summed E-state index contributed by atoms with van der Waals surface area (Å²) >= 11 is 0. The van der Waals surface area contributed by atoms with E-state index in [1.165, 1.54) is 5.56 Å². The molecule has 0 saturated heterocycles. The Morgan fingerprint density at radius 3 is 2.76 bits per heavy atom. The number of hydrogen-bond donors (Lipinski definition) is 0. The number of carbonyl (C=O) groups is 1. The van der Waals surface area contributed by atoms with Crippen LogP contribution in [0.25, 0.3) is 0 Å². The molecule has 0 bridgehead atoms. The fourth-order valence-electron chi connectivity index (χ4n) is 1.61. The van der Waals surface area contributed by atoms with Crippen molar-refractivity contribution in [1.82, 2.24) is 0 Å². The molecule has 2 heteroatoms. The molecular formula is C15H22O2. The van der Waals surface area contributed by atoms with E-state index >= 15 is 0 Å². The van der Waals surface area contributed by atoms with E-state index in [-0.39, 0.29) is 0 Å². The first-order chi connectivity index (χ1) is 8.33. The van der Waals surface area contributed by atoms with Gasteiger partial charge in [0.25, 0.3) is 0 Å². The second kappa shape index (κ2) is 5.85. The lowest BCUT2D eigenvalue weighted by molar-refractivity contribution is -0.115. The van der Waals surface area contributed by atoms with Crippen molar-refractivity contribution in [2.75, 3.05) is 6.61 Å². The van der Waals surface area contributed by atoms with Gasteiger partial charge in [-0.25, -0.2) is 0 Å². The molecule has 0 aliphatic heterocycles. The molecule has 0 heterocycles. The Balaban J connectivity index is 2.43. The second-order valence-corrected chi connectivity index (χ2v) is 5.21. The first-order valence-corrected chi connectivity index (χ1v) is 6.04. The monoisotopic (exact) mass is 235 g/mol. The summed E-state index contributed by atoms with van der Waals surface area (Å²) in [6, 6.07) is 6.13. The van der Waals surface area contributed by atoms with Gasteiger partial charge in [-0.1, -0.05) is 26.0 Å². The Morgan fingerprint density at radius 2 is 2.12 bits per heavy atom. The third-order valence-electron chi connectivity index (χ3n) is 2.82. The van der Waals surface area contributed by atoms with Crippen LogP contribution in [0.5, 0.6) is 5.75 Å². The van der Waals surface area contributed by atoms with Crippen LogP contribution in [-0.2, 0) is 4.79 Å². The number of hydrogen-bond acceptors (Lipinski definition) is 2. The number of aldehydes is 1. The highest BCUT2D eigenvalue weighted by molar-refractivity contribution is 5.57. The van der Waals surface area contributed by atoms with Crippen LogP contribution < -0.4 is 4.74 Å². The summed E-state index contributed by atoms with van der Waals surface area (Å²) in [7, 11) is 0. The summed E-state index contributed by atoms with van der Waals surface area (Å²) in [5.41, 5.74) is 1.74. The summed E-state index contributed by atoms with van der Waals surface area (Å²) < 4.78 is 12.9. The van der Waals surface area contributed by atoms with Gasteiger partial charge >= 0.3 is 0 Å². The van der Waals surface area contributed by atoms with Crippen LogP contribution in [-0.4, -0.2) is 12.9 Å². The number of aryl methyl sites for hydroxylation is 2. The van der Waals surface area contributed by atoms with Gasteiger partial charge in [0, 0.05) is 5.41 Å². The van der Waals surface area contributed by atoms with Gasteiger partial charge in [-0.05, 0) is 43.9 Å². The summed E-state index contributed by atoms with van der Waals surface area (Å²) in [6.07, 6.45) is 0.958. The molecule has 1 aromatic carbocycles. The van der Waals surface area contributed by atoms with Gasteiger partial charge in [-0.15, -0.1) is 0 Å². The molecule has 0 fully saturated rings. The average Bonchev–Trinajstić information content (AvgIpc) is 2.28. The van der Waals surface area contributed by atoms with E-state index < -0.39 is 11.7 Å². The topological polar surface area (TPSA) is 26.3 Å². The summed E-state index contributed by atoms with van der Waals surface area (Å²) in [5, 5.41) is 0. The highest BCUT2D eigenvalue weighted by atomic mass is 16.5. The smallest absolute Gasteiger partial charge is 0.125 e. The number of benzene rings is 1. The lowest BCUT2D eigenvalue weighted by atomic mass is 9.90. The van der Waals surface area contributed by atoms with E-state index in [9.17, 15) is 4.79 Å². The Bertz CT molecular complexity index is 425. The molecule has 0 amide bonds. The minimum Gasteiger partial charge on any atom is -0.493 e. The largest absolute Gasteiger partial charge is 0.493 e. The fourth-order valence-corrected chi connectivity index (χ4v) is 1.61. The number of rotatable bonds is 6. The molecule has 0 aliphatic carbocycles. The highest BCUT2D eigenvalue weighted by Gasteiger charge is 2.15. The van der Waals surface area contributed by atoms with E-state index in [2.05, 4.69) is 6.07 Å². The number of ether oxygens (including phenoxy) is 1. The third kappa shape index (κ3) is 4.59. The summed E-state index contributed by atoms with van der Waals surface area (Å²) in [6.45, 7) is 8.25. The van der Waals surface area contributed by atoms with E-state index in [1.54, 1.807) is 13.8 Å². The van der Waals surface area contributed by atoms with Gasteiger partial charge in [0.15, 0.2) is 0 Å². The Labute approximate surface area is 105 Å². The molecule has 17 heavy (non-hydrogen) atoms. The van der Waals surface area contributed by atoms with Crippen LogP contribution in [0.1, 0.15) is 39.2 Å². The van der Waals surface area contributed by atoms with Gasteiger partial charge in [0.1, 0.15) is 13.4 Å². The van der Waals surface area contributed by atoms with Crippen LogP contribution >= 0.6 is 0 Å². The van der Waals surface area contributed by atoms with Crippen LogP contribution in [0.2, 0.25) is 0 Å². The maximum Gasteiger partial charge on any atom is 0.125 e. The van der Waals surface area contributed by atoms with Crippen molar-refractivity contribution in [3.8, 4) is 5.75 Å². The summed E-state index contributed by atoms with van der Waals surface area (Å²) in [4.78, 5) is 11.1. The van der Waals surface area contributed by atoms with Gasteiger partial charge in [-0.2, -0.15) is 0 Å². The second-order valence-electron chi connectivity index (χ2n) is 5.21. The van der Waals surface area contributed by atoms with Crippen molar-refractivity contribution in [2.24, 2.45) is 5.41 Å². The zero-order valence-electron chi connectivity index (χ0n) is 12.2. The van der Waals surface area contributed by atoms with E-state index in [0.29, 0.717) is 13.0 Å². The van der Waals surface area contributed by atoms with Crippen molar-refractivity contribution in [2.45, 2.75) is 40.5 Å². The molecule has 0 unspecified atom stereocenters. The predicted molar refractivity (Wildman–Crippen MR) is 70.5 cm³/mol. The fraction of sp³-hybridized carbons (Fsp3) is 0.533. The van der Waals surface area contributed by atoms with Crippen molar-refractivity contribution < 1.29 is 10.9 Å². The Morgan fingerprint density at radius 1 is 1.41 bits per heavy atom. The minimum atomic E-state index is -0.564. The molecule has 0 aromatic heterocycles. The van der Waals surface area contributed by atoms with Crippen LogP contribution in [0.15, 0.2) is 18.2 Å². The SMILES string of the molecule is [2H]C(=O)C(C)(C)CCCOc1cc(C)ccc1C. The first-order valence-electron chi connectivity index (χ1n) is 6.54. The van der Waals surface area contributed by atoms with Gasteiger partial charge < -0.3 is 9.53 Å². The standard InChI is InChI=1S/C15H22O2/c1-12-6-7-13(2)14(10-12)17-9-5-8-15(3,4)11-16/h6-7,10-11H,5,8-9H2,1-4H3/i11D. The van der Waals surface area contributed by atoms with Crippen molar-refractivity contribution in [3.63, 3.8) is 0 Å². The molecular weight excluding hydrogens is 212 g/mol. The van der Waals surface area contributed by atoms with Crippen LogP contribution in [0.3, 0.4) is 0 Å². The first kappa shape index (κ1) is 12.2. The molecule has 94 valence electrons. The zero-order chi connectivity index (χ0) is 13.8. The van der Waals surface area contributed by atoms with Crippen molar-refractivity contribution >= 4 is 6.26 Å². The minimum absolute atomic E-state index is 0.505. The van der Waals surface area contributed by atoms with Gasteiger partial charge in [-0.3, -0.25) is 0 Å².